The number of ether oxygens (including phenoxy) is 2. The first-order valence-corrected chi connectivity index (χ1v) is 10.7. The largest absolute Gasteiger partial charge is 0.496 e. The normalized spacial score (nSPS) is 12.3. The maximum atomic E-state index is 13.3. The van der Waals surface area contributed by atoms with E-state index in [1.807, 2.05) is 6.92 Å². The fourth-order valence-electron chi connectivity index (χ4n) is 2.80. The van der Waals surface area contributed by atoms with Crippen LogP contribution in [0.1, 0.15) is 22.8 Å². The van der Waals surface area contributed by atoms with Gasteiger partial charge in [-0.1, -0.05) is 0 Å². The van der Waals surface area contributed by atoms with Crippen LogP contribution in [0.5, 0.6) is 5.75 Å². The Morgan fingerprint density at radius 3 is 2.38 bits per heavy atom. The number of benzene rings is 2. The molecule has 158 valence electrons. The summed E-state index contributed by atoms with van der Waals surface area (Å²) in [5.41, 5.74) is 1.16. The van der Waals surface area contributed by atoms with E-state index in [0.717, 1.165) is 10.6 Å². The molecule has 0 aliphatic rings. The lowest BCUT2D eigenvalue weighted by molar-refractivity contribution is 0.0905. The van der Waals surface area contributed by atoms with Gasteiger partial charge in [-0.05, 0) is 49.4 Å². The van der Waals surface area contributed by atoms with Crippen LogP contribution >= 0.6 is 0 Å². The summed E-state index contributed by atoms with van der Waals surface area (Å²) in [7, 11) is -0.670. The Morgan fingerprint density at radius 1 is 1.17 bits per heavy atom. The highest BCUT2D eigenvalue weighted by Gasteiger charge is 2.21. The molecule has 2 rings (SSSR count). The van der Waals surface area contributed by atoms with Crippen molar-refractivity contribution in [2.45, 2.75) is 19.5 Å². The van der Waals surface area contributed by atoms with E-state index in [9.17, 15) is 17.6 Å². The SMILES string of the molecule is COCC(C)NC(=O)c1ccc(OC)c(CN(c2ccc(F)cc2)S(C)(=O)=O)c1. The van der Waals surface area contributed by atoms with Crippen LogP contribution in [0.25, 0.3) is 0 Å². The molecule has 2 aromatic rings. The lowest BCUT2D eigenvalue weighted by atomic mass is 10.1. The van der Waals surface area contributed by atoms with E-state index < -0.39 is 15.8 Å². The van der Waals surface area contributed by atoms with Gasteiger partial charge in [-0.15, -0.1) is 0 Å². The van der Waals surface area contributed by atoms with Crippen LogP contribution < -0.4 is 14.4 Å². The lowest BCUT2D eigenvalue weighted by Gasteiger charge is -2.24. The van der Waals surface area contributed by atoms with Gasteiger partial charge in [0.1, 0.15) is 11.6 Å². The van der Waals surface area contributed by atoms with Gasteiger partial charge < -0.3 is 14.8 Å². The number of methoxy groups -OCH3 is 2. The quantitative estimate of drug-likeness (QED) is 0.669. The summed E-state index contributed by atoms with van der Waals surface area (Å²) >= 11 is 0. The number of anilines is 1. The first-order chi connectivity index (χ1) is 13.7. The molecule has 0 aliphatic carbocycles. The van der Waals surface area contributed by atoms with Crippen molar-refractivity contribution in [3.05, 3.63) is 59.4 Å². The summed E-state index contributed by atoms with van der Waals surface area (Å²) in [4.78, 5) is 12.5. The molecule has 0 bridgehead atoms. The van der Waals surface area contributed by atoms with Gasteiger partial charge in [0, 0.05) is 24.3 Å². The minimum absolute atomic E-state index is 0.0810. The Hall–Kier alpha value is -2.65. The van der Waals surface area contributed by atoms with Crippen molar-refractivity contribution in [1.82, 2.24) is 5.32 Å². The molecule has 0 saturated heterocycles. The van der Waals surface area contributed by atoms with Crippen molar-refractivity contribution in [1.29, 1.82) is 0 Å². The first-order valence-electron chi connectivity index (χ1n) is 8.85. The van der Waals surface area contributed by atoms with E-state index in [1.54, 1.807) is 25.3 Å². The van der Waals surface area contributed by atoms with Gasteiger partial charge in [0.15, 0.2) is 0 Å². The molecule has 0 fully saturated rings. The molecular formula is C20H25FN2O5S. The van der Waals surface area contributed by atoms with Gasteiger partial charge in [-0.25, -0.2) is 12.8 Å². The summed E-state index contributed by atoms with van der Waals surface area (Å²) in [5.74, 6) is -0.350. The van der Waals surface area contributed by atoms with E-state index >= 15 is 0 Å². The van der Waals surface area contributed by atoms with Crippen LogP contribution in [0.2, 0.25) is 0 Å². The number of sulfonamides is 1. The van der Waals surface area contributed by atoms with Crippen molar-refractivity contribution in [3.8, 4) is 5.75 Å². The van der Waals surface area contributed by atoms with Crippen LogP contribution in [0.3, 0.4) is 0 Å². The molecule has 0 spiro atoms. The van der Waals surface area contributed by atoms with Crippen molar-refractivity contribution in [2.75, 3.05) is 31.4 Å². The highest BCUT2D eigenvalue weighted by molar-refractivity contribution is 7.92. The highest BCUT2D eigenvalue weighted by atomic mass is 32.2. The maximum absolute atomic E-state index is 13.3. The van der Waals surface area contributed by atoms with Crippen LogP contribution in [0, 0.1) is 5.82 Å². The predicted molar refractivity (Wildman–Crippen MR) is 109 cm³/mol. The minimum Gasteiger partial charge on any atom is -0.496 e. The van der Waals surface area contributed by atoms with Crippen molar-refractivity contribution in [3.63, 3.8) is 0 Å². The van der Waals surface area contributed by atoms with Crippen molar-refractivity contribution >= 4 is 21.6 Å². The molecule has 29 heavy (non-hydrogen) atoms. The summed E-state index contributed by atoms with van der Waals surface area (Å²) in [6.07, 6.45) is 1.06. The van der Waals surface area contributed by atoms with Crippen molar-refractivity contribution < 1.29 is 27.1 Å². The zero-order valence-corrected chi connectivity index (χ0v) is 17.6. The molecule has 0 aliphatic heterocycles. The van der Waals surface area contributed by atoms with Gasteiger partial charge in [0.2, 0.25) is 10.0 Å². The smallest absolute Gasteiger partial charge is 0.251 e. The molecular weight excluding hydrogens is 399 g/mol. The van der Waals surface area contributed by atoms with Gasteiger partial charge >= 0.3 is 0 Å². The van der Waals surface area contributed by atoms with E-state index in [4.69, 9.17) is 9.47 Å². The van der Waals surface area contributed by atoms with Gasteiger partial charge in [-0.2, -0.15) is 0 Å². The second-order valence-electron chi connectivity index (χ2n) is 6.60. The Labute approximate surface area is 170 Å². The van der Waals surface area contributed by atoms with Gasteiger partial charge in [-0.3, -0.25) is 9.10 Å². The molecule has 1 amide bonds. The number of carbonyl (C=O) groups excluding carboxylic acids is 1. The highest BCUT2D eigenvalue weighted by Crippen LogP contribution is 2.26. The van der Waals surface area contributed by atoms with Gasteiger partial charge in [0.25, 0.3) is 5.91 Å². The second-order valence-corrected chi connectivity index (χ2v) is 8.51. The van der Waals surface area contributed by atoms with Crippen LogP contribution in [0.4, 0.5) is 10.1 Å². The van der Waals surface area contributed by atoms with Crippen LogP contribution in [-0.2, 0) is 21.3 Å². The Balaban J connectivity index is 2.37. The molecule has 1 atom stereocenters. The first kappa shape index (κ1) is 22.6. The zero-order chi connectivity index (χ0) is 21.6. The number of nitrogens with zero attached hydrogens (tertiary/aromatic N) is 1. The number of nitrogens with one attached hydrogen (secondary N) is 1. The molecule has 0 saturated carbocycles. The molecule has 1 unspecified atom stereocenters. The molecule has 2 aromatic carbocycles. The standard InChI is InChI=1S/C20H25FN2O5S/c1-14(13-27-2)22-20(24)15-5-10-19(28-3)16(11-15)12-23(29(4,25)26)18-8-6-17(21)7-9-18/h5-11,14H,12-13H2,1-4H3,(H,22,24). The maximum Gasteiger partial charge on any atom is 0.251 e. The number of hydrogen-bond acceptors (Lipinski definition) is 5. The number of hydrogen-bond donors (Lipinski definition) is 1. The fourth-order valence-corrected chi connectivity index (χ4v) is 3.68. The summed E-state index contributed by atoms with van der Waals surface area (Å²) in [6, 6.07) is 9.73. The van der Waals surface area contributed by atoms with Gasteiger partial charge in [0.05, 0.1) is 32.2 Å². The zero-order valence-electron chi connectivity index (χ0n) is 16.8. The molecule has 1 N–H and O–H groups in total. The van der Waals surface area contributed by atoms with Crippen LogP contribution in [-0.4, -0.2) is 47.4 Å². The molecule has 7 nitrogen and oxygen atoms in total. The Morgan fingerprint density at radius 2 is 1.83 bits per heavy atom. The fraction of sp³-hybridized carbons (Fsp3) is 0.350. The topological polar surface area (TPSA) is 84.9 Å². The number of amides is 1. The van der Waals surface area contributed by atoms with E-state index in [2.05, 4.69) is 5.32 Å². The Kier molecular flexibility index (Phi) is 7.58. The number of carbonyl (C=O) groups is 1. The second kappa shape index (κ2) is 9.71. The molecule has 0 radical (unpaired) electrons. The average molecular weight is 424 g/mol. The van der Waals surface area contributed by atoms with E-state index in [0.29, 0.717) is 29.2 Å². The third-order valence-electron chi connectivity index (χ3n) is 4.17. The third-order valence-corrected chi connectivity index (χ3v) is 5.31. The average Bonchev–Trinajstić information content (AvgIpc) is 2.66. The van der Waals surface area contributed by atoms with Crippen LogP contribution in [0.15, 0.2) is 42.5 Å². The molecule has 0 heterocycles. The monoisotopic (exact) mass is 424 g/mol. The van der Waals surface area contributed by atoms with E-state index in [1.165, 1.54) is 31.4 Å². The number of halogens is 1. The predicted octanol–water partition coefficient (Wildman–Crippen LogP) is 2.57. The summed E-state index contributed by atoms with van der Waals surface area (Å²) in [6.45, 7) is 2.09. The lowest BCUT2D eigenvalue weighted by Crippen LogP contribution is -2.35. The third kappa shape index (κ3) is 6.16. The summed E-state index contributed by atoms with van der Waals surface area (Å²) < 4.78 is 49.4. The molecule has 9 heteroatoms. The minimum atomic E-state index is -3.68. The van der Waals surface area contributed by atoms with Crippen molar-refractivity contribution in [2.24, 2.45) is 0 Å². The number of rotatable bonds is 9. The van der Waals surface area contributed by atoms with E-state index in [-0.39, 0.29) is 18.5 Å². The molecule has 0 aromatic heterocycles. The summed E-state index contributed by atoms with van der Waals surface area (Å²) in [5, 5.41) is 2.80. The Bertz CT molecular complexity index is 948.